The minimum Gasteiger partial charge on any atom is -0.376 e. The van der Waals surface area contributed by atoms with Crippen molar-refractivity contribution in [2.24, 2.45) is 5.92 Å². The third kappa shape index (κ3) is 5.09. The van der Waals surface area contributed by atoms with Gasteiger partial charge in [-0.25, -0.2) is 0 Å². The standard InChI is InChI=1S/C22H27N3O2/c1-16(2)14-21(26)24-19-11-9-18(10-12-19)23-15-22(27)25-13-5-7-17-6-3-4-8-20(17)25/h3-4,6,8-12,16,23H,5,7,13-15H2,1-2H3,(H,24,26). The van der Waals surface area contributed by atoms with Crippen LogP contribution in [0.15, 0.2) is 48.5 Å². The van der Waals surface area contributed by atoms with Crippen LogP contribution in [-0.2, 0) is 16.0 Å². The van der Waals surface area contributed by atoms with E-state index in [9.17, 15) is 9.59 Å². The third-order valence-corrected chi connectivity index (χ3v) is 4.62. The summed E-state index contributed by atoms with van der Waals surface area (Å²) < 4.78 is 0. The van der Waals surface area contributed by atoms with Gasteiger partial charge in [-0.15, -0.1) is 0 Å². The molecule has 3 rings (SSSR count). The van der Waals surface area contributed by atoms with Crippen LogP contribution in [0, 0.1) is 5.92 Å². The van der Waals surface area contributed by atoms with Crippen molar-refractivity contribution >= 4 is 28.9 Å². The molecule has 5 heteroatoms. The molecule has 0 radical (unpaired) electrons. The summed E-state index contributed by atoms with van der Waals surface area (Å²) in [6.07, 6.45) is 2.52. The number of anilines is 3. The van der Waals surface area contributed by atoms with Crippen molar-refractivity contribution in [2.75, 3.05) is 28.6 Å². The molecule has 1 heterocycles. The molecule has 2 aromatic rings. The van der Waals surface area contributed by atoms with Crippen LogP contribution in [-0.4, -0.2) is 24.9 Å². The predicted molar refractivity (Wildman–Crippen MR) is 110 cm³/mol. The Morgan fingerprint density at radius 2 is 1.74 bits per heavy atom. The van der Waals surface area contributed by atoms with Crippen LogP contribution in [0.2, 0.25) is 0 Å². The minimum absolute atomic E-state index is 0.0182. The Balaban J connectivity index is 1.55. The van der Waals surface area contributed by atoms with Gasteiger partial charge in [-0.1, -0.05) is 32.0 Å². The smallest absolute Gasteiger partial charge is 0.246 e. The third-order valence-electron chi connectivity index (χ3n) is 4.62. The summed E-state index contributed by atoms with van der Waals surface area (Å²) in [7, 11) is 0. The van der Waals surface area contributed by atoms with Gasteiger partial charge in [0, 0.05) is 30.0 Å². The van der Waals surface area contributed by atoms with Crippen molar-refractivity contribution < 1.29 is 9.59 Å². The van der Waals surface area contributed by atoms with E-state index in [1.807, 2.05) is 61.2 Å². The number of aryl methyl sites for hydroxylation is 1. The summed E-state index contributed by atoms with van der Waals surface area (Å²) in [6, 6.07) is 15.6. The number of nitrogens with one attached hydrogen (secondary N) is 2. The van der Waals surface area contributed by atoms with Crippen molar-refractivity contribution in [1.82, 2.24) is 0 Å². The summed E-state index contributed by atoms with van der Waals surface area (Å²) in [4.78, 5) is 26.3. The van der Waals surface area contributed by atoms with Gasteiger partial charge in [0.25, 0.3) is 0 Å². The van der Waals surface area contributed by atoms with Gasteiger partial charge < -0.3 is 15.5 Å². The van der Waals surface area contributed by atoms with Gasteiger partial charge in [0.05, 0.1) is 6.54 Å². The van der Waals surface area contributed by atoms with Gasteiger partial charge in [-0.05, 0) is 54.7 Å². The van der Waals surface area contributed by atoms with Crippen molar-refractivity contribution in [3.8, 4) is 0 Å². The monoisotopic (exact) mass is 365 g/mol. The first-order valence-electron chi connectivity index (χ1n) is 9.55. The molecule has 2 aromatic carbocycles. The molecule has 0 atom stereocenters. The fourth-order valence-electron chi connectivity index (χ4n) is 3.32. The van der Waals surface area contributed by atoms with Gasteiger partial charge in [0.15, 0.2) is 0 Å². The molecule has 27 heavy (non-hydrogen) atoms. The predicted octanol–water partition coefficient (Wildman–Crippen LogP) is 4.06. The summed E-state index contributed by atoms with van der Waals surface area (Å²) >= 11 is 0. The zero-order chi connectivity index (χ0) is 19.2. The molecule has 1 aliphatic heterocycles. The second-order valence-electron chi connectivity index (χ2n) is 7.35. The molecule has 2 N–H and O–H groups in total. The highest BCUT2D eigenvalue weighted by Gasteiger charge is 2.21. The van der Waals surface area contributed by atoms with Crippen LogP contribution < -0.4 is 15.5 Å². The zero-order valence-electron chi connectivity index (χ0n) is 16.0. The largest absolute Gasteiger partial charge is 0.376 e. The lowest BCUT2D eigenvalue weighted by Gasteiger charge is -2.29. The summed E-state index contributed by atoms with van der Waals surface area (Å²) in [5.41, 5.74) is 3.88. The second-order valence-corrected chi connectivity index (χ2v) is 7.35. The highest BCUT2D eigenvalue weighted by Crippen LogP contribution is 2.26. The summed E-state index contributed by atoms with van der Waals surface area (Å²) in [5, 5.41) is 6.07. The molecule has 0 aliphatic carbocycles. The van der Waals surface area contributed by atoms with E-state index in [2.05, 4.69) is 16.7 Å². The van der Waals surface area contributed by atoms with Gasteiger partial charge in [0.2, 0.25) is 11.8 Å². The highest BCUT2D eigenvalue weighted by atomic mass is 16.2. The maximum Gasteiger partial charge on any atom is 0.246 e. The molecule has 0 saturated heterocycles. The van der Waals surface area contributed by atoms with Gasteiger partial charge >= 0.3 is 0 Å². The first kappa shape index (κ1) is 19.0. The van der Waals surface area contributed by atoms with Gasteiger partial charge in [-0.3, -0.25) is 9.59 Å². The average Bonchev–Trinajstić information content (AvgIpc) is 2.66. The molecule has 0 aromatic heterocycles. The summed E-state index contributed by atoms with van der Waals surface area (Å²) in [6.45, 7) is 5.04. The average molecular weight is 365 g/mol. The Morgan fingerprint density at radius 1 is 1.04 bits per heavy atom. The number of hydrogen-bond acceptors (Lipinski definition) is 3. The number of carbonyl (C=O) groups is 2. The molecule has 0 fully saturated rings. The summed E-state index contributed by atoms with van der Waals surface area (Å²) in [5.74, 6) is 0.415. The van der Waals surface area contributed by atoms with Crippen LogP contribution in [0.25, 0.3) is 0 Å². The van der Waals surface area contributed by atoms with E-state index in [0.29, 0.717) is 12.3 Å². The second kappa shape index (κ2) is 8.71. The van der Waals surface area contributed by atoms with Crippen LogP contribution in [0.5, 0.6) is 0 Å². The lowest BCUT2D eigenvalue weighted by atomic mass is 10.0. The van der Waals surface area contributed by atoms with Crippen LogP contribution in [0.4, 0.5) is 17.1 Å². The highest BCUT2D eigenvalue weighted by molar-refractivity contribution is 5.97. The molecule has 0 spiro atoms. The molecule has 2 amide bonds. The van der Waals surface area contributed by atoms with Crippen molar-refractivity contribution in [3.05, 3.63) is 54.1 Å². The normalized spacial score (nSPS) is 13.2. The van der Waals surface area contributed by atoms with Crippen LogP contribution >= 0.6 is 0 Å². The van der Waals surface area contributed by atoms with E-state index in [4.69, 9.17) is 0 Å². The first-order chi connectivity index (χ1) is 13.0. The van der Waals surface area contributed by atoms with E-state index >= 15 is 0 Å². The van der Waals surface area contributed by atoms with E-state index in [1.165, 1.54) is 5.56 Å². The molecule has 0 unspecified atom stereocenters. The molecule has 1 aliphatic rings. The maximum atomic E-state index is 12.7. The lowest BCUT2D eigenvalue weighted by Crippen LogP contribution is -2.39. The lowest BCUT2D eigenvalue weighted by molar-refractivity contribution is -0.117. The Morgan fingerprint density at radius 3 is 2.48 bits per heavy atom. The number of nitrogens with zero attached hydrogens (tertiary/aromatic N) is 1. The number of amides is 2. The fraction of sp³-hybridized carbons (Fsp3) is 0.364. The van der Waals surface area contributed by atoms with Crippen molar-refractivity contribution in [1.29, 1.82) is 0 Å². The molecule has 5 nitrogen and oxygen atoms in total. The molecule has 0 saturated carbocycles. The number of hydrogen-bond donors (Lipinski definition) is 2. The molecular formula is C22H27N3O2. The zero-order valence-corrected chi connectivity index (χ0v) is 16.0. The Hall–Kier alpha value is -2.82. The van der Waals surface area contributed by atoms with E-state index in [-0.39, 0.29) is 18.4 Å². The van der Waals surface area contributed by atoms with E-state index < -0.39 is 0 Å². The van der Waals surface area contributed by atoms with Crippen LogP contribution in [0.3, 0.4) is 0 Å². The van der Waals surface area contributed by atoms with Gasteiger partial charge in [-0.2, -0.15) is 0 Å². The Bertz CT molecular complexity index is 799. The molecule has 142 valence electrons. The SMILES string of the molecule is CC(C)CC(=O)Nc1ccc(NCC(=O)N2CCCc3ccccc32)cc1. The maximum absolute atomic E-state index is 12.7. The number of rotatable bonds is 6. The first-order valence-corrected chi connectivity index (χ1v) is 9.55. The quantitative estimate of drug-likeness (QED) is 0.811. The van der Waals surface area contributed by atoms with Crippen molar-refractivity contribution in [2.45, 2.75) is 33.1 Å². The van der Waals surface area contributed by atoms with Crippen LogP contribution in [0.1, 0.15) is 32.3 Å². The topological polar surface area (TPSA) is 61.4 Å². The van der Waals surface area contributed by atoms with Crippen molar-refractivity contribution in [3.63, 3.8) is 0 Å². The number of fused-ring (bicyclic) bond motifs is 1. The number of para-hydroxylation sites is 1. The molecular weight excluding hydrogens is 338 g/mol. The minimum atomic E-state index is 0.0182. The van der Waals surface area contributed by atoms with E-state index in [0.717, 1.165) is 36.4 Å². The fourth-order valence-corrected chi connectivity index (χ4v) is 3.32. The number of carbonyl (C=O) groups excluding carboxylic acids is 2. The van der Waals surface area contributed by atoms with Gasteiger partial charge in [0.1, 0.15) is 0 Å². The number of benzene rings is 2. The Kier molecular flexibility index (Phi) is 6.12. The Labute approximate surface area is 160 Å². The van der Waals surface area contributed by atoms with E-state index in [1.54, 1.807) is 0 Å². The molecule has 0 bridgehead atoms.